The molecule has 3 nitrogen and oxygen atoms in total. The Morgan fingerprint density at radius 3 is 2.50 bits per heavy atom. The summed E-state index contributed by atoms with van der Waals surface area (Å²) in [5.41, 5.74) is 0. The quantitative estimate of drug-likeness (QED) is 0.579. The van der Waals surface area contributed by atoms with Crippen molar-refractivity contribution in [1.29, 1.82) is 0 Å². The van der Waals surface area contributed by atoms with Crippen LogP contribution >= 0.6 is 0 Å². The molecule has 1 N–H and O–H groups in total. The fourth-order valence-corrected chi connectivity index (χ4v) is 1.24. The highest BCUT2D eigenvalue weighted by Crippen LogP contribution is 2.13. The summed E-state index contributed by atoms with van der Waals surface area (Å²) >= 11 is 0. The Bertz CT molecular complexity index is 271. The van der Waals surface area contributed by atoms with Crippen molar-refractivity contribution in [2.45, 2.75) is 6.42 Å². The van der Waals surface area contributed by atoms with Crippen LogP contribution in [0.1, 0.15) is 6.42 Å². The van der Waals surface area contributed by atoms with E-state index in [0.717, 1.165) is 0 Å². The summed E-state index contributed by atoms with van der Waals surface area (Å²) in [6, 6.07) is 0. The average Bonchev–Trinajstić information content (AvgIpc) is 1.88. The molecule has 0 amide bonds. The highest BCUT2D eigenvalue weighted by molar-refractivity contribution is 7.90. The van der Waals surface area contributed by atoms with Gasteiger partial charge in [-0.3, -0.25) is 4.55 Å². The zero-order valence-corrected chi connectivity index (χ0v) is 6.00. The van der Waals surface area contributed by atoms with Crippen molar-refractivity contribution in [3.63, 3.8) is 0 Å². The Labute approximate surface area is 59.8 Å². The lowest BCUT2D eigenvalue weighted by Crippen LogP contribution is -2.01. The molecule has 0 aliphatic heterocycles. The van der Waals surface area contributed by atoms with Crippen molar-refractivity contribution in [2.75, 3.05) is 0 Å². The molecule has 0 atom stereocenters. The van der Waals surface area contributed by atoms with E-state index in [1.807, 2.05) is 0 Å². The predicted octanol–water partition coefficient (Wildman–Crippen LogP) is 0.922. The van der Waals surface area contributed by atoms with Gasteiger partial charge < -0.3 is 0 Å². The molecule has 0 saturated carbocycles. The van der Waals surface area contributed by atoms with Gasteiger partial charge in [0.15, 0.2) is 0 Å². The first-order valence-electron chi connectivity index (χ1n) is 2.78. The summed E-state index contributed by atoms with van der Waals surface area (Å²) in [6.07, 6.45) is 6.78. The van der Waals surface area contributed by atoms with Gasteiger partial charge in [-0.2, -0.15) is 8.42 Å². The predicted molar refractivity (Wildman–Crippen MR) is 37.7 cm³/mol. The highest BCUT2D eigenvalue weighted by atomic mass is 32.2. The fraction of sp³-hybridized carbons (Fsp3) is 0.167. The Kier molecular flexibility index (Phi) is 1.92. The van der Waals surface area contributed by atoms with E-state index >= 15 is 0 Å². The average molecular weight is 159 g/mol. The number of rotatable bonds is 1. The lowest BCUT2D eigenvalue weighted by molar-refractivity contribution is 0.492. The second kappa shape index (κ2) is 2.56. The third kappa shape index (κ3) is 1.68. The Morgan fingerprint density at radius 1 is 1.50 bits per heavy atom. The third-order valence-electron chi connectivity index (χ3n) is 1.15. The summed E-state index contributed by atoms with van der Waals surface area (Å²) in [5.74, 6) is 0. The number of allylic oxidation sites excluding steroid dienone is 3. The summed E-state index contributed by atoms with van der Waals surface area (Å²) < 4.78 is 29.3. The van der Waals surface area contributed by atoms with E-state index in [1.54, 1.807) is 12.5 Å². The lowest BCUT2D eigenvalue weighted by atomic mass is 10.2. The molecule has 0 aromatic heterocycles. The summed E-state index contributed by atoms with van der Waals surface area (Å²) in [5, 5.41) is 0. The summed E-state index contributed by atoms with van der Waals surface area (Å²) in [4.78, 5) is -0.0185. The lowest BCUT2D eigenvalue weighted by Gasteiger charge is -2.00. The van der Waals surface area contributed by atoms with Crippen LogP contribution in [0, 0.1) is 6.42 Å². The minimum Gasteiger partial charge on any atom is -0.282 e. The van der Waals surface area contributed by atoms with Crippen LogP contribution in [0.25, 0.3) is 0 Å². The standard InChI is InChI=1S/C6H7O3S/c7-10(8,9)6-4-2-1-3-5-6/h1-2,4-5H,3H2,(H,7,8,9). The first-order valence-corrected chi connectivity index (χ1v) is 4.22. The normalized spacial score (nSPS) is 18.7. The van der Waals surface area contributed by atoms with Gasteiger partial charge >= 0.3 is 0 Å². The van der Waals surface area contributed by atoms with E-state index in [2.05, 4.69) is 0 Å². The fourth-order valence-electron chi connectivity index (χ4n) is 0.685. The first kappa shape index (κ1) is 7.50. The molecule has 0 bridgehead atoms. The number of hydrogen-bond donors (Lipinski definition) is 1. The van der Waals surface area contributed by atoms with Crippen molar-refractivity contribution in [3.05, 3.63) is 29.6 Å². The van der Waals surface area contributed by atoms with E-state index in [0.29, 0.717) is 6.42 Å². The molecule has 1 aliphatic rings. The molecule has 1 radical (unpaired) electrons. The van der Waals surface area contributed by atoms with Crippen LogP contribution < -0.4 is 0 Å². The largest absolute Gasteiger partial charge is 0.294 e. The highest BCUT2D eigenvalue weighted by Gasteiger charge is 2.10. The Morgan fingerprint density at radius 2 is 2.20 bits per heavy atom. The van der Waals surface area contributed by atoms with E-state index in [1.165, 1.54) is 12.2 Å². The Balaban J connectivity index is 2.94. The van der Waals surface area contributed by atoms with Gasteiger partial charge in [-0.05, 0) is 18.9 Å². The van der Waals surface area contributed by atoms with Crippen LogP contribution in [-0.2, 0) is 10.1 Å². The van der Waals surface area contributed by atoms with Crippen molar-refractivity contribution < 1.29 is 13.0 Å². The van der Waals surface area contributed by atoms with Crippen molar-refractivity contribution >= 4 is 10.1 Å². The van der Waals surface area contributed by atoms with Gasteiger partial charge in [0.2, 0.25) is 0 Å². The minimum atomic E-state index is -3.97. The SMILES string of the molecule is O=S(=O)(O)C1=CC[CH]C=C1. The molecule has 55 valence electrons. The molecular formula is C6H7O3S. The minimum absolute atomic E-state index is 0.0185. The molecular weight excluding hydrogens is 152 g/mol. The third-order valence-corrected chi connectivity index (χ3v) is 2.05. The van der Waals surface area contributed by atoms with Crippen LogP contribution in [0.2, 0.25) is 0 Å². The maximum atomic E-state index is 10.4. The first-order chi connectivity index (χ1) is 4.61. The zero-order chi connectivity index (χ0) is 7.61. The monoisotopic (exact) mass is 159 g/mol. The van der Waals surface area contributed by atoms with Crippen LogP contribution in [0.4, 0.5) is 0 Å². The van der Waals surface area contributed by atoms with Gasteiger partial charge in [0.05, 0.1) is 4.91 Å². The van der Waals surface area contributed by atoms with Crippen LogP contribution in [0.5, 0.6) is 0 Å². The molecule has 0 aromatic rings. The molecule has 0 heterocycles. The van der Waals surface area contributed by atoms with E-state index in [9.17, 15) is 8.42 Å². The van der Waals surface area contributed by atoms with Gasteiger partial charge in [0, 0.05) is 0 Å². The van der Waals surface area contributed by atoms with Crippen LogP contribution in [-0.4, -0.2) is 13.0 Å². The zero-order valence-electron chi connectivity index (χ0n) is 5.19. The maximum Gasteiger partial charge on any atom is 0.294 e. The van der Waals surface area contributed by atoms with Gasteiger partial charge in [-0.1, -0.05) is 12.2 Å². The molecule has 10 heavy (non-hydrogen) atoms. The molecule has 0 spiro atoms. The van der Waals surface area contributed by atoms with Gasteiger partial charge in [0.1, 0.15) is 0 Å². The van der Waals surface area contributed by atoms with Crippen LogP contribution in [0.15, 0.2) is 23.1 Å². The smallest absolute Gasteiger partial charge is 0.282 e. The molecule has 0 aromatic carbocycles. The summed E-state index contributed by atoms with van der Waals surface area (Å²) in [7, 11) is -3.97. The number of hydrogen-bond acceptors (Lipinski definition) is 2. The second-order valence-electron chi connectivity index (χ2n) is 1.91. The van der Waals surface area contributed by atoms with E-state index in [4.69, 9.17) is 4.55 Å². The van der Waals surface area contributed by atoms with Gasteiger partial charge in [0.25, 0.3) is 10.1 Å². The molecule has 1 aliphatic carbocycles. The molecule has 0 saturated heterocycles. The molecule has 0 fully saturated rings. The van der Waals surface area contributed by atoms with Crippen LogP contribution in [0.3, 0.4) is 0 Å². The van der Waals surface area contributed by atoms with Gasteiger partial charge in [-0.25, -0.2) is 0 Å². The maximum absolute atomic E-state index is 10.4. The van der Waals surface area contributed by atoms with Crippen molar-refractivity contribution in [3.8, 4) is 0 Å². The van der Waals surface area contributed by atoms with E-state index < -0.39 is 10.1 Å². The molecule has 0 unspecified atom stereocenters. The van der Waals surface area contributed by atoms with E-state index in [-0.39, 0.29) is 4.91 Å². The van der Waals surface area contributed by atoms with Gasteiger partial charge in [-0.15, -0.1) is 0 Å². The van der Waals surface area contributed by atoms with Crippen molar-refractivity contribution in [1.82, 2.24) is 0 Å². The second-order valence-corrected chi connectivity index (χ2v) is 3.33. The molecule has 1 rings (SSSR count). The molecule has 4 heteroatoms. The van der Waals surface area contributed by atoms with Crippen molar-refractivity contribution in [2.24, 2.45) is 0 Å². The summed E-state index contributed by atoms with van der Waals surface area (Å²) in [6.45, 7) is 0. The Hall–Kier alpha value is -0.610. The topological polar surface area (TPSA) is 54.4 Å².